The van der Waals surface area contributed by atoms with Gasteiger partial charge >= 0.3 is 11.9 Å². The number of aliphatic hydroxyl groups is 1. The van der Waals surface area contributed by atoms with Gasteiger partial charge in [0.25, 0.3) is 0 Å². The highest BCUT2D eigenvalue weighted by Gasteiger charge is 2.18. The highest BCUT2D eigenvalue weighted by Crippen LogP contribution is 2.23. The molecular formula is C12H14O5S. The molecule has 1 rings (SSSR count). The van der Waals surface area contributed by atoms with E-state index in [4.69, 9.17) is 5.11 Å². The maximum absolute atomic E-state index is 11.0. The summed E-state index contributed by atoms with van der Waals surface area (Å²) in [7, 11) is 1.32. The van der Waals surface area contributed by atoms with Crippen molar-refractivity contribution in [3.8, 4) is 0 Å². The van der Waals surface area contributed by atoms with Crippen LogP contribution in [0.4, 0.5) is 0 Å². The lowest BCUT2D eigenvalue weighted by molar-refractivity contribution is -0.147. The monoisotopic (exact) mass is 270 g/mol. The van der Waals surface area contributed by atoms with E-state index in [1.54, 1.807) is 12.1 Å². The van der Waals surface area contributed by atoms with Crippen molar-refractivity contribution in [2.75, 3.05) is 7.11 Å². The van der Waals surface area contributed by atoms with Crippen molar-refractivity contribution < 1.29 is 24.5 Å². The van der Waals surface area contributed by atoms with Crippen LogP contribution in [0, 0.1) is 0 Å². The predicted molar refractivity (Wildman–Crippen MR) is 66.6 cm³/mol. The summed E-state index contributed by atoms with van der Waals surface area (Å²) in [4.78, 5) is 22.0. The van der Waals surface area contributed by atoms with Gasteiger partial charge in [-0.3, -0.25) is 4.79 Å². The largest absolute Gasteiger partial charge is 0.479 e. The third kappa shape index (κ3) is 3.75. The van der Waals surface area contributed by atoms with Gasteiger partial charge in [-0.05, 0) is 18.1 Å². The topological polar surface area (TPSA) is 83.8 Å². The number of carboxylic acid groups (broad SMARTS) is 1. The molecule has 0 saturated carbocycles. The first-order chi connectivity index (χ1) is 8.45. The average Bonchev–Trinajstić information content (AvgIpc) is 2.35. The summed E-state index contributed by atoms with van der Waals surface area (Å²) in [6.45, 7) is 0. The van der Waals surface area contributed by atoms with Gasteiger partial charge in [0.05, 0.1) is 7.11 Å². The number of carbonyl (C=O) groups excluding carboxylic acids is 1. The zero-order valence-electron chi connectivity index (χ0n) is 9.79. The molecular weight excluding hydrogens is 256 g/mol. The van der Waals surface area contributed by atoms with Crippen molar-refractivity contribution >= 4 is 24.6 Å². The Morgan fingerprint density at radius 3 is 2.61 bits per heavy atom. The SMILES string of the molecule is COC(=O)CCc1ccc(C(O)C(=O)O)c(S)c1. The third-order valence-corrected chi connectivity index (χ3v) is 2.86. The molecule has 0 spiro atoms. The summed E-state index contributed by atoms with van der Waals surface area (Å²) in [6.07, 6.45) is -0.874. The van der Waals surface area contributed by atoms with Crippen molar-refractivity contribution in [1.29, 1.82) is 0 Å². The molecule has 0 aliphatic heterocycles. The Balaban J connectivity index is 2.79. The summed E-state index contributed by atoms with van der Waals surface area (Å²) in [5.41, 5.74) is 1.05. The number of aliphatic carboxylic acids is 1. The summed E-state index contributed by atoms with van der Waals surface area (Å²) in [6, 6.07) is 4.78. The number of hydrogen-bond donors (Lipinski definition) is 3. The maximum atomic E-state index is 11.0. The number of carbonyl (C=O) groups is 2. The van der Waals surface area contributed by atoms with E-state index in [0.717, 1.165) is 5.56 Å². The molecule has 0 aliphatic rings. The molecule has 0 fully saturated rings. The number of methoxy groups -OCH3 is 1. The highest BCUT2D eigenvalue weighted by atomic mass is 32.1. The Hall–Kier alpha value is -1.53. The van der Waals surface area contributed by atoms with Gasteiger partial charge in [-0.15, -0.1) is 12.6 Å². The minimum absolute atomic E-state index is 0.229. The molecule has 0 aliphatic carbocycles. The van der Waals surface area contributed by atoms with Gasteiger partial charge in [0.15, 0.2) is 6.10 Å². The summed E-state index contributed by atoms with van der Waals surface area (Å²) >= 11 is 4.13. The fraction of sp³-hybridized carbons (Fsp3) is 0.333. The van der Waals surface area contributed by atoms with Crippen LogP contribution in [-0.2, 0) is 20.7 Å². The van der Waals surface area contributed by atoms with E-state index in [-0.39, 0.29) is 18.0 Å². The van der Waals surface area contributed by atoms with Crippen LogP contribution in [-0.4, -0.2) is 29.3 Å². The van der Waals surface area contributed by atoms with Gasteiger partial charge in [0.1, 0.15) is 0 Å². The van der Waals surface area contributed by atoms with Gasteiger partial charge in [0, 0.05) is 16.9 Å². The van der Waals surface area contributed by atoms with Gasteiger partial charge in [-0.2, -0.15) is 0 Å². The van der Waals surface area contributed by atoms with Crippen LogP contribution < -0.4 is 0 Å². The number of aryl methyl sites for hydroxylation is 1. The second kappa shape index (κ2) is 6.42. The van der Waals surface area contributed by atoms with Crippen molar-refractivity contribution in [2.45, 2.75) is 23.8 Å². The number of esters is 1. The van der Waals surface area contributed by atoms with Crippen molar-refractivity contribution in [3.05, 3.63) is 29.3 Å². The molecule has 0 aromatic heterocycles. The molecule has 18 heavy (non-hydrogen) atoms. The van der Waals surface area contributed by atoms with Crippen molar-refractivity contribution in [2.24, 2.45) is 0 Å². The molecule has 0 amide bonds. The van der Waals surface area contributed by atoms with E-state index in [2.05, 4.69) is 17.4 Å². The molecule has 6 heteroatoms. The Bertz CT molecular complexity index is 458. The van der Waals surface area contributed by atoms with Gasteiger partial charge in [-0.1, -0.05) is 12.1 Å². The molecule has 1 aromatic carbocycles. The summed E-state index contributed by atoms with van der Waals surface area (Å²) in [5.74, 6) is -1.64. The molecule has 1 atom stereocenters. The van der Waals surface area contributed by atoms with E-state index in [1.807, 2.05) is 0 Å². The van der Waals surface area contributed by atoms with E-state index >= 15 is 0 Å². The fourth-order valence-electron chi connectivity index (χ4n) is 1.46. The second-order valence-electron chi connectivity index (χ2n) is 3.71. The first kappa shape index (κ1) is 14.5. The van der Waals surface area contributed by atoms with Crippen LogP contribution in [0.3, 0.4) is 0 Å². The van der Waals surface area contributed by atoms with E-state index in [1.165, 1.54) is 13.2 Å². The molecule has 5 nitrogen and oxygen atoms in total. The van der Waals surface area contributed by atoms with Crippen molar-refractivity contribution in [1.82, 2.24) is 0 Å². The fourth-order valence-corrected chi connectivity index (χ4v) is 1.82. The normalized spacial score (nSPS) is 11.9. The lowest BCUT2D eigenvalue weighted by atomic mass is 10.0. The van der Waals surface area contributed by atoms with Crippen LogP contribution >= 0.6 is 12.6 Å². The molecule has 2 N–H and O–H groups in total. The number of ether oxygens (including phenoxy) is 1. The lowest BCUT2D eigenvalue weighted by Gasteiger charge is -2.10. The van der Waals surface area contributed by atoms with Gasteiger partial charge < -0.3 is 14.9 Å². The predicted octanol–water partition coefficient (Wildman–Crippen LogP) is 1.20. The van der Waals surface area contributed by atoms with Crippen LogP contribution in [0.5, 0.6) is 0 Å². The Kier molecular flexibility index (Phi) is 5.18. The van der Waals surface area contributed by atoms with E-state index in [9.17, 15) is 14.7 Å². The van der Waals surface area contributed by atoms with Crippen LogP contribution in [0.15, 0.2) is 23.1 Å². The molecule has 0 saturated heterocycles. The van der Waals surface area contributed by atoms with Crippen LogP contribution in [0.25, 0.3) is 0 Å². The average molecular weight is 270 g/mol. The molecule has 0 heterocycles. The minimum Gasteiger partial charge on any atom is -0.479 e. The smallest absolute Gasteiger partial charge is 0.337 e. The Labute approximate surface area is 110 Å². The number of carboxylic acids is 1. The Morgan fingerprint density at radius 1 is 1.44 bits per heavy atom. The molecule has 0 bridgehead atoms. The summed E-state index contributed by atoms with van der Waals surface area (Å²) in [5, 5.41) is 18.1. The number of rotatable bonds is 5. The Morgan fingerprint density at radius 2 is 2.11 bits per heavy atom. The number of aliphatic hydroxyl groups excluding tert-OH is 1. The molecule has 1 unspecified atom stereocenters. The van der Waals surface area contributed by atoms with Gasteiger partial charge in [0.2, 0.25) is 0 Å². The van der Waals surface area contributed by atoms with E-state index in [0.29, 0.717) is 11.3 Å². The zero-order valence-corrected chi connectivity index (χ0v) is 10.7. The van der Waals surface area contributed by atoms with Crippen molar-refractivity contribution in [3.63, 3.8) is 0 Å². The zero-order chi connectivity index (χ0) is 13.7. The molecule has 0 radical (unpaired) electrons. The van der Waals surface area contributed by atoms with Crippen LogP contribution in [0.2, 0.25) is 0 Å². The first-order valence-corrected chi connectivity index (χ1v) is 5.70. The highest BCUT2D eigenvalue weighted by molar-refractivity contribution is 7.80. The third-order valence-electron chi connectivity index (χ3n) is 2.47. The molecule has 1 aromatic rings. The lowest BCUT2D eigenvalue weighted by Crippen LogP contribution is -2.11. The molecule has 98 valence electrons. The number of thiol groups is 1. The van der Waals surface area contributed by atoms with Gasteiger partial charge in [-0.25, -0.2) is 4.79 Å². The quantitative estimate of drug-likeness (QED) is 0.553. The number of hydrogen-bond acceptors (Lipinski definition) is 5. The summed E-state index contributed by atoms with van der Waals surface area (Å²) < 4.78 is 4.52. The standard InChI is InChI=1S/C12H14O5S/c1-17-10(13)5-3-7-2-4-8(9(18)6-7)11(14)12(15)16/h2,4,6,11,14,18H,3,5H2,1H3,(H,15,16). The second-order valence-corrected chi connectivity index (χ2v) is 4.19. The maximum Gasteiger partial charge on any atom is 0.337 e. The minimum atomic E-state index is -1.59. The van der Waals surface area contributed by atoms with E-state index < -0.39 is 12.1 Å². The first-order valence-electron chi connectivity index (χ1n) is 5.25. The van der Waals surface area contributed by atoms with Crippen LogP contribution in [0.1, 0.15) is 23.7 Å². The number of benzene rings is 1.